The van der Waals surface area contributed by atoms with Gasteiger partial charge < -0.3 is 15.5 Å². The Morgan fingerprint density at radius 1 is 1.15 bits per heavy atom. The fourth-order valence-corrected chi connectivity index (χ4v) is 7.12. The Morgan fingerprint density at radius 2 is 2.00 bits per heavy atom. The number of carbonyl (C=O) groups excluding carboxylic acids is 1. The lowest BCUT2D eigenvalue weighted by Gasteiger charge is -2.21. The second-order valence-corrected chi connectivity index (χ2v) is 13.2. The van der Waals surface area contributed by atoms with Crippen LogP contribution in [-0.2, 0) is 14.8 Å². The quantitative estimate of drug-likeness (QED) is 0.343. The van der Waals surface area contributed by atoms with E-state index in [9.17, 15) is 13.2 Å². The lowest BCUT2D eigenvalue weighted by Crippen LogP contribution is -2.34. The zero-order valence-corrected chi connectivity index (χ0v) is 23.1. The van der Waals surface area contributed by atoms with Crippen molar-refractivity contribution in [3.8, 4) is 11.4 Å². The van der Waals surface area contributed by atoms with Gasteiger partial charge in [0.15, 0.2) is 11.6 Å². The zero-order chi connectivity index (χ0) is 27.6. The van der Waals surface area contributed by atoms with Gasteiger partial charge in [0.2, 0.25) is 5.91 Å². The van der Waals surface area contributed by atoms with E-state index in [-0.39, 0.29) is 22.6 Å². The first-order valence-corrected chi connectivity index (χ1v) is 15.0. The molecule has 6 heterocycles. The summed E-state index contributed by atoms with van der Waals surface area (Å²) in [5, 5.41) is 15.8. The summed E-state index contributed by atoms with van der Waals surface area (Å²) in [4.78, 5) is 28.3. The fourth-order valence-electron chi connectivity index (χ4n) is 5.65. The molecule has 4 aromatic heterocycles. The Labute approximate surface area is 231 Å². The van der Waals surface area contributed by atoms with Gasteiger partial charge in [-0.1, -0.05) is 0 Å². The Morgan fingerprint density at radius 3 is 2.75 bits per heavy atom. The molecule has 1 unspecified atom stereocenters. The third kappa shape index (κ3) is 4.08. The molecule has 208 valence electrons. The summed E-state index contributed by atoms with van der Waals surface area (Å²) in [7, 11) is -3.46. The molecule has 40 heavy (non-hydrogen) atoms. The SMILES string of the molecule is CC(C)n1nc(N2CCC3(CCNC3=O)C2)c2cnc(Nc3ccnc(-c4cnn(S(=O)(=O)C5CC5)c4)n3)cc21. The van der Waals surface area contributed by atoms with Crippen molar-refractivity contribution in [2.24, 2.45) is 5.41 Å². The highest BCUT2D eigenvalue weighted by atomic mass is 32.2. The summed E-state index contributed by atoms with van der Waals surface area (Å²) in [6, 6.07) is 3.79. The largest absolute Gasteiger partial charge is 0.356 e. The highest BCUT2D eigenvalue weighted by Gasteiger charge is 2.48. The van der Waals surface area contributed by atoms with Gasteiger partial charge in [-0.3, -0.25) is 9.48 Å². The maximum atomic E-state index is 12.5. The third-order valence-corrected chi connectivity index (χ3v) is 10.1. The number of hydrogen-bond acceptors (Lipinski definition) is 10. The Hall–Kier alpha value is -4.07. The van der Waals surface area contributed by atoms with Gasteiger partial charge in [-0.05, 0) is 45.6 Å². The summed E-state index contributed by atoms with van der Waals surface area (Å²) in [6.07, 6.45) is 9.35. The van der Waals surface area contributed by atoms with E-state index in [0.717, 1.165) is 46.7 Å². The van der Waals surface area contributed by atoms with Crippen LogP contribution in [0.3, 0.4) is 0 Å². The summed E-state index contributed by atoms with van der Waals surface area (Å²) in [5.41, 5.74) is 1.12. The Bertz CT molecular complexity index is 1740. The fraction of sp³-hybridized carbons (Fsp3) is 0.462. The normalized spacial score (nSPS) is 21.2. The molecular weight excluding hydrogens is 532 g/mol. The number of anilines is 3. The molecule has 7 rings (SSSR count). The zero-order valence-electron chi connectivity index (χ0n) is 22.3. The van der Waals surface area contributed by atoms with E-state index in [2.05, 4.69) is 49.4 Å². The number of aromatic nitrogens is 7. The van der Waals surface area contributed by atoms with E-state index in [1.54, 1.807) is 12.3 Å². The molecule has 1 atom stereocenters. The van der Waals surface area contributed by atoms with E-state index in [4.69, 9.17) is 5.10 Å². The minimum atomic E-state index is -3.46. The molecule has 1 amide bonds. The van der Waals surface area contributed by atoms with Crippen molar-refractivity contribution in [1.29, 1.82) is 0 Å². The van der Waals surface area contributed by atoms with Gasteiger partial charge in [-0.15, -0.1) is 0 Å². The molecule has 0 aromatic carbocycles. The highest BCUT2D eigenvalue weighted by molar-refractivity contribution is 7.90. The molecule has 0 radical (unpaired) electrons. The van der Waals surface area contributed by atoms with E-state index in [0.29, 0.717) is 42.4 Å². The standard InChI is InChI=1S/C26H30N10O3S/c1-16(2)36-20-11-22(29-13-19(20)24(33-36)34-10-7-26(15-34)6-9-28-25(26)37)31-21-5-8-27-23(32-21)17-12-30-35(14-17)40(38,39)18-3-4-18/h5,8,11-14,16,18H,3-4,6-7,9-10,15H2,1-2H3,(H,28,37)(H,27,29,31,32). The van der Waals surface area contributed by atoms with Gasteiger partial charge >= 0.3 is 0 Å². The molecule has 2 N–H and O–H groups in total. The number of pyridine rings is 1. The van der Waals surface area contributed by atoms with Gasteiger partial charge in [0, 0.05) is 44.1 Å². The van der Waals surface area contributed by atoms with Crippen LogP contribution in [0.2, 0.25) is 0 Å². The van der Waals surface area contributed by atoms with Crippen LogP contribution in [0.5, 0.6) is 0 Å². The van der Waals surface area contributed by atoms with Crippen molar-refractivity contribution in [3.63, 3.8) is 0 Å². The molecule has 2 saturated heterocycles. The number of hydrogen-bond donors (Lipinski definition) is 2. The number of carbonyl (C=O) groups is 1. The monoisotopic (exact) mass is 562 g/mol. The van der Waals surface area contributed by atoms with Crippen LogP contribution in [-0.4, -0.2) is 73.1 Å². The minimum absolute atomic E-state index is 0.118. The molecule has 3 aliphatic rings. The molecular formula is C26H30N10O3S. The average molecular weight is 563 g/mol. The molecule has 13 nitrogen and oxygen atoms in total. The highest BCUT2D eigenvalue weighted by Crippen LogP contribution is 2.41. The van der Waals surface area contributed by atoms with Crippen LogP contribution in [0.4, 0.5) is 17.5 Å². The van der Waals surface area contributed by atoms with E-state index < -0.39 is 10.0 Å². The smallest absolute Gasteiger partial charge is 0.256 e. The van der Waals surface area contributed by atoms with Gasteiger partial charge in [0.1, 0.15) is 11.6 Å². The van der Waals surface area contributed by atoms with Gasteiger partial charge in [-0.25, -0.2) is 23.4 Å². The molecule has 2 aliphatic heterocycles. The summed E-state index contributed by atoms with van der Waals surface area (Å²) in [6.45, 7) is 6.34. The molecule has 4 aromatic rings. The topological polar surface area (TPSA) is 153 Å². The van der Waals surface area contributed by atoms with Crippen molar-refractivity contribution in [2.45, 2.75) is 50.8 Å². The maximum absolute atomic E-state index is 12.5. The Balaban J connectivity index is 1.16. The average Bonchev–Trinajstić information content (AvgIpc) is 3.26. The lowest BCUT2D eigenvalue weighted by molar-refractivity contribution is -0.126. The van der Waals surface area contributed by atoms with Crippen LogP contribution in [0.1, 0.15) is 45.6 Å². The van der Waals surface area contributed by atoms with E-state index >= 15 is 0 Å². The van der Waals surface area contributed by atoms with E-state index in [1.165, 1.54) is 12.4 Å². The summed E-state index contributed by atoms with van der Waals surface area (Å²) < 4.78 is 28.0. The van der Waals surface area contributed by atoms with Gasteiger partial charge in [0.05, 0.1) is 39.5 Å². The molecule has 1 saturated carbocycles. The van der Waals surface area contributed by atoms with Gasteiger partial charge in [-0.2, -0.15) is 14.3 Å². The maximum Gasteiger partial charge on any atom is 0.256 e. The number of amides is 1. The molecule has 3 fully saturated rings. The van der Waals surface area contributed by atoms with Crippen molar-refractivity contribution in [1.82, 2.24) is 39.2 Å². The number of nitrogens with one attached hydrogen (secondary N) is 2. The van der Waals surface area contributed by atoms with Crippen LogP contribution in [0.25, 0.3) is 22.3 Å². The molecule has 0 bridgehead atoms. The first kappa shape index (κ1) is 24.9. The first-order chi connectivity index (χ1) is 19.2. The third-order valence-electron chi connectivity index (χ3n) is 8.02. The second kappa shape index (κ2) is 8.98. The summed E-state index contributed by atoms with van der Waals surface area (Å²) in [5.74, 6) is 2.46. The number of fused-ring (bicyclic) bond motifs is 1. The number of nitrogens with zero attached hydrogens (tertiary/aromatic N) is 8. The van der Waals surface area contributed by atoms with Crippen LogP contribution < -0.4 is 15.5 Å². The lowest BCUT2D eigenvalue weighted by atomic mass is 9.86. The van der Waals surface area contributed by atoms with Crippen LogP contribution in [0, 0.1) is 5.41 Å². The summed E-state index contributed by atoms with van der Waals surface area (Å²) >= 11 is 0. The van der Waals surface area contributed by atoms with Crippen LogP contribution in [0.15, 0.2) is 36.9 Å². The first-order valence-electron chi connectivity index (χ1n) is 13.5. The molecule has 1 spiro atoms. The van der Waals surface area contributed by atoms with Crippen molar-refractivity contribution >= 4 is 44.3 Å². The van der Waals surface area contributed by atoms with Crippen LogP contribution >= 0.6 is 0 Å². The van der Waals surface area contributed by atoms with Crippen molar-refractivity contribution in [3.05, 3.63) is 36.9 Å². The predicted octanol–water partition coefficient (Wildman–Crippen LogP) is 2.47. The second-order valence-electron chi connectivity index (χ2n) is 11.1. The predicted molar refractivity (Wildman–Crippen MR) is 149 cm³/mol. The van der Waals surface area contributed by atoms with Crippen molar-refractivity contribution < 1.29 is 13.2 Å². The minimum Gasteiger partial charge on any atom is -0.356 e. The molecule has 1 aliphatic carbocycles. The Kier molecular flexibility index (Phi) is 5.60. The molecule has 14 heteroatoms. The van der Waals surface area contributed by atoms with Gasteiger partial charge in [0.25, 0.3) is 10.0 Å². The number of rotatable bonds is 7. The van der Waals surface area contributed by atoms with E-state index in [1.807, 2.05) is 16.9 Å². The van der Waals surface area contributed by atoms with Crippen molar-refractivity contribution in [2.75, 3.05) is 29.9 Å².